The zero-order chi connectivity index (χ0) is 12.7. The molecule has 0 bridgehead atoms. The largest absolute Gasteiger partial charge is 0.313 e. The van der Waals surface area contributed by atoms with E-state index in [0.29, 0.717) is 6.04 Å². The molecular weight excluding hydrogens is 230 g/mol. The topological polar surface area (TPSA) is 29.9 Å². The average molecular weight is 255 g/mol. The van der Waals surface area contributed by atoms with Crippen molar-refractivity contribution in [3.8, 4) is 0 Å². The minimum absolute atomic E-state index is 0.618. The van der Waals surface area contributed by atoms with Gasteiger partial charge in [0.05, 0.1) is 6.20 Å². The molecule has 0 aliphatic carbocycles. The van der Waals surface area contributed by atoms with E-state index in [9.17, 15) is 0 Å². The predicted octanol–water partition coefficient (Wildman–Crippen LogP) is 2.47. The van der Waals surface area contributed by atoms with Gasteiger partial charge in [-0.25, -0.2) is 0 Å². The highest BCUT2D eigenvalue weighted by Gasteiger charge is 2.09. The van der Waals surface area contributed by atoms with Crippen molar-refractivity contribution in [1.29, 1.82) is 0 Å². The van der Waals surface area contributed by atoms with E-state index < -0.39 is 0 Å². The van der Waals surface area contributed by atoms with Crippen LogP contribution in [0.1, 0.15) is 32.8 Å². The van der Waals surface area contributed by atoms with Crippen LogP contribution >= 0.6 is 11.8 Å². The molecule has 3 nitrogen and oxygen atoms in total. The van der Waals surface area contributed by atoms with Crippen LogP contribution in [0.3, 0.4) is 0 Å². The fraction of sp³-hybridized carbons (Fsp3) is 0.769. The SMILES string of the molecule is CCNC(CCc1cnn(C)c1)CSC(C)C. The number of rotatable bonds is 8. The predicted molar refractivity (Wildman–Crippen MR) is 76.6 cm³/mol. The van der Waals surface area contributed by atoms with E-state index in [1.165, 1.54) is 17.7 Å². The molecule has 0 aromatic carbocycles. The minimum atomic E-state index is 0.618. The molecule has 0 fully saturated rings. The van der Waals surface area contributed by atoms with E-state index in [2.05, 4.69) is 37.4 Å². The Morgan fingerprint density at radius 1 is 1.47 bits per heavy atom. The maximum absolute atomic E-state index is 4.21. The number of aromatic nitrogens is 2. The van der Waals surface area contributed by atoms with Crippen LogP contribution < -0.4 is 5.32 Å². The van der Waals surface area contributed by atoms with Gasteiger partial charge in [0.2, 0.25) is 0 Å². The molecule has 0 amide bonds. The molecule has 1 aromatic heterocycles. The number of nitrogens with one attached hydrogen (secondary N) is 1. The van der Waals surface area contributed by atoms with Gasteiger partial charge in [-0.15, -0.1) is 0 Å². The number of aryl methyl sites for hydroxylation is 2. The normalized spacial score (nSPS) is 13.2. The molecular formula is C13H25N3S. The van der Waals surface area contributed by atoms with Gasteiger partial charge in [0, 0.05) is 25.0 Å². The first-order valence-electron chi connectivity index (χ1n) is 6.44. The second-order valence-electron chi connectivity index (χ2n) is 4.70. The second-order valence-corrected chi connectivity index (χ2v) is 6.31. The van der Waals surface area contributed by atoms with Crippen LogP contribution in [0.15, 0.2) is 12.4 Å². The molecule has 1 heterocycles. The van der Waals surface area contributed by atoms with Gasteiger partial charge in [-0.05, 0) is 30.2 Å². The Morgan fingerprint density at radius 2 is 2.24 bits per heavy atom. The lowest BCUT2D eigenvalue weighted by atomic mass is 10.1. The van der Waals surface area contributed by atoms with Gasteiger partial charge in [0.25, 0.3) is 0 Å². The fourth-order valence-corrected chi connectivity index (χ4v) is 2.69. The Morgan fingerprint density at radius 3 is 2.76 bits per heavy atom. The molecule has 1 rings (SSSR count). The van der Waals surface area contributed by atoms with Crippen molar-refractivity contribution >= 4 is 11.8 Å². The number of hydrogen-bond acceptors (Lipinski definition) is 3. The van der Waals surface area contributed by atoms with E-state index in [1.807, 2.05) is 29.7 Å². The smallest absolute Gasteiger partial charge is 0.0521 e. The van der Waals surface area contributed by atoms with Crippen LogP contribution in [0, 0.1) is 0 Å². The van der Waals surface area contributed by atoms with Crippen LogP contribution in [-0.4, -0.2) is 33.4 Å². The molecule has 0 saturated carbocycles. The van der Waals surface area contributed by atoms with Crippen molar-refractivity contribution in [1.82, 2.24) is 15.1 Å². The maximum Gasteiger partial charge on any atom is 0.0521 e. The Kier molecular flexibility index (Phi) is 6.66. The summed E-state index contributed by atoms with van der Waals surface area (Å²) in [6, 6.07) is 0.618. The Bertz CT molecular complexity index is 309. The zero-order valence-corrected chi connectivity index (χ0v) is 12.3. The van der Waals surface area contributed by atoms with Crippen molar-refractivity contribution in [2.24, 2.45) is 7.05 Å². The second kappa shape index (κ2) is 7.77. The molecule has 0 radical (unpaired) electrons. The first-order chi connectivity index (χ1) is 8.11. The maximum atomic E-state index is 4.21. The quantitative estimate of drug-likeness (QED) is 0.774. The van der Waals surface area contributed by atoms with Crippen LogP contribution in [-0.2, 0) is 13.5 Å². The third kappa shape index (κ3) is 6.13. The van der Waals surface area contributed by atoms with Gasteiger partial charge in [0.15, 0.2) is 0 Å². The lowest BCUT2D eigenvalue weighted by molar-refractivity contribution is 0.537. The summed E-state index contributed by atoms with van der Waals surface area (Å²) in [7, 11) is 1.97. The summed E-state index contributed by atoms with van der Waals surface area (Å²) in [4.78, 5) is 0. The lowest BCUT2D eigenvalue weighted by Crippen LogP contribution is -2.32. The van der Waals surface area contributed by atoms with E-state index >= 15 is 0 Å². The molecule has 98 valence electrons. The Balaban J connectivity index is 2.33. The lowest BCUT2D eigenvalue weighted by Gasteiger charge is -2.18. The monoisotopic (exact) mass is 255 g/mol. The van der Waals surface area contributed by atoms with Gasteiger partial charge in [-0.3, -0.25) is 4.68 Å². The number of thioether (sulfide) groups is 1. The van der Waals surface area contributed by atoms with Crippen LogP contribution in [0.2, 0.25) is 0 Å². The van der Waals surface area contributed by atoms with E-state index in [1.54, 1.807) is 0 Å². The van der Waals surface area contributed by atoms with Gasteiger partial charge >= 0.3 is 0 Å². The molecule has 0 aliphatic heterocycles. The summed E-state index contributed by atoms with van der Waals surface area (Å²) in [5.74, 6) is 1.20. The molecule has 17 heavy (non-hydrogen) atoms. The van der Waals surface area contributed by atoms with Crippen molar-refractivity contribution < 1.29 is 0 Å². The van der Waals surface area contributed by atoms with Crippen molar-refractivity contribution in [2.75, 3.05) is 12.3 Å². The molecule has 1 aromatic rings. The van der Waals surface area contributed by atoms with Crippen LogP contribution in [0.4, 0.5) is 0 Å². The van der Waals surface area contributed by atoms with E-state index in [-0.39, 0.29) is 0 Å². The third-order valence-electron chi connectivity index (χ3n) is 2.66. The molecule has 1 unspecified atom stereocenters. The van der Waals surface area contributed by atoms with Crippen molar-refractivity contribution in [3.63, 3.8) is 0 Å². The van der Waals surface area contributed by atoms with Crippen LogP contribution in [0.5, 0.6) is 0 Å². The van der Waals surface area contributed by atoms with Gasteiger partial charge < -0.3 is 5.32 Å². The van der Waals surface area contributed by atoms with Gasteiger partial charge in [-0.1, -0.05) is 20.8 Å². The Labute approximate surface area is 109 Å². The Hall–Kier alpha value is -0.480. The fourth-order valence-electron chi connectivity index (χ4n) is 1.78. The first kappa shape index (κ1) is 14.6. The highest BCUT2D eigenvalue weighted by atomic mass is 32.2. The number of nitrogens with zero attached hydrogens (tertiary/aromatic N) is 2. The minimum Gasteiger partial charge on any atom is -0.313 e. The van der Waals surface area contributed by atoms with E-state index in [0.717, 1.165) is 18.2 Å². The van der Waals surface area contributed by atoms with Gasteiger partial charge in [0.1, 0.15) is 0 Å². The molecule has 1 atom stereocenters. The molecule has 0 spiro atoms. The summed E-state index contributed by atoms with van der Waals surface area (Å²) >= 11 is 2.04. The molecule has 0 saturated heterocycles. The molecule has 0 aliphatic rings. The van der Waals surface area contributed by atoms with E-state index in [4.69, 9.17) is 0 Å². The average Bonchev–Trinajstić information content (AvgIpc) is 2.68. The summed E-state index contributed by atoms with van der Waals surface area (Å²) < 4.78 is 1.88. The van der Waals surface area contributed by atoms with Crippen LogP contribution in [0.25, 0.3) is 0 Å². The summed E-state index contributed by atoms with van der Waals surface area (Å²) in [5.41, 5.74) is 1.34. The summed E-state index contributed by atoms with van der Waals surface area (Å²) in [6.07, 6.45) is 6.39. The third-order valence-corrected chi connectivity index (χ3v) is 3.92. The first-order valence-corrected chi connectivity index (χ1v) is 7.49. The highest BCUT2D eigenvalue weighted by molar-refractivity contribution is 7.99. The molecule has 1 N–H and O–H groups in total. The highest BCUT2D eigenvalue weighted by Crippen LogP contribution is 2.14. The molecule has 4 heteroatoms. The standard InChI is InChI=1S/C13H25N3S/c1-5-14-13(10-17-11(2)3)7-6-12-8-15-16(4)9-12/h8-9,11,13-14H,5-7,10H2,1-4H3. The zero-order valence-electron chi connectivity index (χ0n) is 11.4. The number of hydrogen-bond donors (Lipinski definition) is 1. The van der Waals surface area contributed by atoms with Gasteiger partial charge in [-0.2, -0.15) is 16.9 Å². The summed E-state index contributed by atoms with van der Waals surface area (Å²) in [5, 5.41) is 8.49. The van der Waals surface area contributed by atoms with Crippen molar-refractivity contribution in [3.05, 3.63) is 18.0 Å². The van der Waals surface area contributed by atoms with Crippen molar-refractivity contribution in [2.45, 2.75) is 44.9 Å². The summed E-state index contributed by atoms with van der Waals surface area (Å²) in [6.45, 7) is 7.75.